The van der Waals surface area contributed by atoms with E-state index in [4.69, 9.17) is 24.7 Å². The van der Waals surface area contributed by atoms with Crippen LogP contribution in [0.1, 0.15) is 36.6 Å². The van der Waals surface area contributed by atoms with Crippen molar-refractivity contribution in [1.29, 1.82) is 0 Å². The predicted octanol–water partition coefficient (Wildman–Crippen LogP) is 1.55. The molecule has 20 heavy (non-hydrogen) atoms. The fourth-order valence-corrected chi connectivity index (χ4v) is 4.67. The monoisotopic (exact) mass is 298 g/mol. The highest BCUT2D eigenvalue weighted by Crippen LogP contribution is 2.32. The molecule has 0 bridgehead atoms. The lowest BCUT2D eigenvalue weighted by atomic mass is 9.95. The summed E-state index contributed by atoms with van der Waals surface area (Å²) in [5.41, 5.74) is 14.2. The van der Waals surface area contributed by atoms with Gasteiger partial charge < -0.3 is 24.7 Å². The van der Waals surface area contributed by atoms with Gasteiger partial charge in [-0.1, -0.05) is 31.2 Å². The second-order valence-electron chi connectivity index (χ2n) is 4.95. The zero-order valence-corrected chi connectivity index (χ0v) is 13.9. The summed E-state index contributed by atoms with van der Waals surface area (Å²) in [5, 5.41) is 0. The summed E-state index contributed by atoms with van der Waals surface area (Å²) in [6.45, 7) is 3.94. The van der Waals surface area contributed by atoms with Gasteiger partial charge in [0.2, 0.25) is 0 Å². The minimum atomic E-state index is -2.77. The van der Waals surface area contributed by atoms with E-state index in [1.807, 2.05) is 38.1 Å². The van der Waals surface area contributed by atoms with E-state index in [-0.39, 0.29) is 17.6 Å². The Morgan fingerprint density at radius 2 is 1.35 bits per heavy atom. The highest BCUT2D eigenvalue weighted by atomic mass is 28.4. The van der Waals surface area contributed by atoms with Crippen LogP contribution in [0.2, 0.25) is 0 Å². The van der Waals surface area contributed by atoms with Gasteiger partial charge in [-0.15, -0.1) is 0 Å². The molecule has 0 amide bonds. The van der Waals surface area contributed by atoms with E-state index in [9.17, 15) is 0 Å². The molecule has 1 rings (SSSR count). The third-order valence-electron chi connectivity index (χ3n) is 3.77. The molecule has 0 aliphatic heterocycles. The van der Waals surface area contributed by atoms with Crippen LogP contribution in [-0.2, 0) is 13.3 Å². The molecule has 0 saturated carbocycles. The van der Waals surface area contributed by atoms with Gasteiger partial charge in [-0.3, -0.25) is 0 Å². The van der Waals surface area contributed by atoms with Gasteiger partial charge in [0.05, 0.1) is 5.54 Å². The first kappa shape index (κ1) is 17.3. The summed E-state index contributed by atoms with van der Waals surface area (Å²) in [7, 11) is 2.07. The zero-order valence-electron chi connectivity index (χ0n) is 12.9. The maximum absolute atomic E-state index is 6.21. The van der Waals surface area contributed by atoms with E-state index in [0.717, 1.165) is 11.1 Å². The molecule has 3 unspecified atom stereocenters. The van der Waals surface area contributed by atoms with Crippen molar-refractivity contribution in [2.45, 2.75) is 31.5 Å². The molecule has 0 spiro atoms. The second kappa shape index (κ2) is 7.30. The van der Waals surface area contributed by atoms with E-state index in [1.54, 1.807) is 21.3 Å². The van der Waals surface area contributed by atoms with Crippen LogP contribution >= 0.6 is 0 Å². The first-order valence-electron chi connectivity index (χ1n) is 6.69. The summed E-state index contributed by atoms with van der Waals surface area (Å²) < 4.78 is 16.7. The molecule has 1 aromatic rings. The van der Waals surface area contributed by atoms with Crippen molar-refractivity contribution < 1.29 is 13.3 Å². The van der Waals surface area contributed by atoms with E-state index in [1.165, 1.54) is 0 Å². The van der Waals surface area contributed by atoms with Gasteiger partial charge >= 0.3 is 8.80 Å². The van der Waals surface area contributed by atoms with Crippen molar-refractivity contribution in [2.75, 3.05) is 21.3 Å². The van der Waals surface area contributed by atoms with E-state index >= 15 is 0 Å². The fraction of sp³-hybridized carbons (Fsp3) is 0.571. The van der Waals surface area contributed by atoms with Crippen LogP contribution in [0.4, 0.5) is 0 Å². The first-order valence-corrected chi connectivity index (χ1v) is 8.49. The second-order valence-corrected chi connectivity index (χ2v) is 8.25. The highest BCUT2D eigenvalue weighted by molar-refractivity contribution is 6.62. The Morgan fingerprint density at radius 3 is 1.75 bits per heavy atom. The summed E-state index contributed by atoms with van der Waals surface area (Å²) >= 11 is 0. The van der Waals surface area contributed by atoms with Gasteiger partial charge in [-0.2, -0.15) is 0 Å². The fourth-order valence-electron chi connectivity index (χ4n) is 2.46. The Kier molecular flexibility index (Phi) is 6.31. The van der Waals surface area contributed by atoms with Crippen molar-refractivity contribution >= 4 is 8.80 Å². The Bertz CT molecular complexity index is 416. The van der Waals surface area contributed by atoms with E-state index in [2.05, 4.69) is 0 Å². The molecule has 0 heterocycles. The standard InChI is InChI=1S/C14H26N2O3Si/c1-10(15)14(16)13-9-7-6-8-12(13)11(2)20(17-3,18-4)19-5/h6-11,14H,15-16H2,1-5H3. The molecule has 0 radical (unpaired) electrons. The third kappa shape index (κ3) is 3.28. The molecule has 4 N–H and O–H groups in total. The average Bonchev–Trinajstić information content (AvgIpc) is 2.48. The molecular formula is C14H26N2O3Si. The molecule has 6 heteroatoms. The first-order chi connectivity index (χ1) is 9.43. The zero-order chi connectivity index (χ0) is 15.3. The van der Waals surface area contributed by atoms with Crippen LogP contribution in [0.25, 0.3) is 0 Å². The van der Waals surface area contributed by atoms with E-state index < -0.39 is 8.80 Å². The predicted molar refractivity (Wildman–Crippen MR) is 82.2 cm³/mol. The summed E-state index contributed by atoms with van der Waals surface area (Å²) in [6, 6.07) is 7.60. The quantitative estimate of drug-likeness (QED) is 0.747. The number of benzene rings is 1. The van der Waals surface area contributed by atoms with Gasteiger partial charge in [-0.25, -0.2) is 0 Å². The van der Waals surface area contributed by atoms with E-state index in [0.29, 0.717) is 0 Å². The molecule has 5 nitrogen and oxygen atoms in total. The van der Waals surface area contributed by atoms with Crippen LogP contribution in [0.15, 0.2) is 24.3 Å². The molecular weight excluding hydrogens is 272 g/mol. The molecule has 114 valence electrons. The van der Waals surface area contributed by atoms with Crippen LogP contribution in [0.5, 0.6) is 0 Å². The molecule has 0 fully saturated rings. The van der Waals surface area contributed by atoms with Crippen molar-refractivity contribution in [3.63, 3.8) is 0 Å². The Hall–Kier alpha value is -0.763. The van der Waals surface area contributed by atoms with Gasteiger partial charge in [0.1, 0.15) is 0 Å². The minimum Gasteiger partial charge on any atom is -0.376 e. The lowest BCUT2D eigenvalue weighted by Crippen LogP contribution is -2.49. The van der Waals surface area contributed by atoms with Gasteiger partial charge in [-0.05, 0) is 18.1 Å². The largest absolute Gasteiger partial charge is 0.507 e. The van der Waals surface area contributed by atoms with Gasteiger partial charge in [0.15, 0.2) is 0 Å². The number of rotatable bonds is 7. The summed E-state index contributed by atoms with van der Waals surface area (Å²) in [5.74, 6) is 0. The minimum absolute atomic E-state index is 0.0245. The van der Waals surface area contributed by atoms with Crippen molar-refractivity contribution in [1.82, 2.24) is 0 Å². The third-order valence-corrected chi connectivity index (χ3v) is 6.85. The smallest absolute Gasteiger partial charge is 0.376 e. The molecule has 3 atom stereocenters. The molecule has 0 saturated heterocycles. The number of hydrogen-bond donors (Lipinski definition) is 2. The number of nitrogens with two attached hydrogens (primary N) is 2. The average molecular weight is 298 g/mol. The summed E-state index contributed by atoms with van der Waals surface area (Å²) in [4.78, 5) is 0. The molecule has 0 aliphatic rings. The van der Waals surface area contributed by atoms with Crippen LogP contribution in [0.3, 0.4) is 0 Å². The van der Waals surface area contributed by atoms with Crippen LogP contribution in [-0.4, -0.2) is 36.2 Å². The lowest BCUT2D eigenvalue weighted by molar-refractivity contribution is 0.114. The van der Waals surface area contributed by atoms with Crippen molar-refractivity contribution in [3.05, 3.63) is 35.4 Å². The maximum atomic E-state index is 6.21. The topological polar surface area (TPSA) is 79.7 Å². The Morgan fingerprint density at radius 1 is 0.900 bits per heavy atom. The molecule has 1 aromatic carbocycles. The van der Waals surface area contributed by atoms with Crippen LogP contribution in [0, 0.1) is 0 Å². The maximum Gasteiger partial charge on any atom is 0.507 e. The number of hydrogen-bond acceptors (Lipinski definition) is 5. The highest BCUT2D eigenvalue weighted by Gasteiger charge is 2.46. The van der Waals surface area contributed by atoms with Gasteiger partial charge in [0, 0.05) is 33.4 Å². The Labute approximate surface area is 122 Å². The SMILES string of the molecule is CO[Si](OC)(OC)C(C)c1ccccc1C(N)C(C)N. The van der Waals surface area contributed by atoms with Gasteiger partial charge in [0.25, 0.3) is 0 Å². The molecule has 0 aromatic heterocycles. The van der Waals surface area contributed by atoms with Crippen molar-refractivity contribution in [2.24, 2.45) is 11.5 Å². The summed E-state index contributed by atoms with van der Waals surface area (Å²) in [6.07, 6.45) is 0. The van der Waals surface area contributed by atoms with Crippen LogP contribution < -0.4 is 11.5 Å². The Balaban J connectivity index is 3.25. The normalized spacial score (nSPS) is 16.8. The van der Waals surface area contributed by atoms with Crippen molar-refractivity contribution in [3.8, 4) is 0 Å². The lowest BCUT2D eigenvalue weighted by Gasteiger charge is -2.32. The molecule has 0 aliphatic carbocycles.